The molecular weight excluding hydrogens is 547 g/mol. The molecule has 0 aliphatic rings. The smallest absolute Gasteiger partial charge is 0.160 e. The van der Waals surface area contributed by atoms with Gasteiger partial charge in [0.05, 0.1) is 28.1 Å². The van der Waals surface area contributed by atoms with Gasteiger partial charge in [0.2, 0.25) is 0 Å². The van der Waals surface area contributed by atoms with Crippen molar-refractivity contribution in [2.45, 2.75) is 0 Å². The third-order valence-electron chi connectivity index (χ3n) is 4.57. The number of hydrazone groups is 1. The fraction of sp³-hybridized carbons (Fsp3) is 0. The van der Waals surface area contributed by atoms with Crippen molar-refractivity contribution in [3.63, 3.8) is 0 Å². The van der Waals surface area contributed by atoms with E-state index in [9.17, 15) is 8.78 Å². The van der Waals surface area contributed by atoms with Crippen molar-refractivity contribution in [2.24, 2.45) is 15.9 Å². The number of nitrogens with two attached hydrogens (primary N) is 1. The zero-order valence-electron chi connectivity index (χ0n) is 16.4. The van der Waals surface area contributed by atoms with Gasteiger partial charge in [0.25, 0.3) is 0 Å². The molecule has 0 spiro atoms. The van der Waals surface area contributed by atoms with E-state index in [1.54, 1.807) is 6.07 Å². The molecule has 0 bridgehead atoms. The highest BCUT2D eigenvalue weighted by Gasteiger charge is 2.09. The topological polar surface area (TPSA) is 75.7 Å². The van der Waals surface area contributed by atoms with Gasteiger partial charge in [-0.05, 0) is 77.2 Å². The van der Waals surface area contributed by atoms with E-state index in [4.69, 9.17) is 17.4 Å². The molecule has 4 rings (SSSR count). The molecule has 5 nitrogen and oxygen atoms in total. The SMILES string of the molecule is NN=C(C=Nc1ccc(F)c(F)c1)c1ccc2c(Nc3ccc(Cl)c(I)c3)cccc2n1. The van der Waals surface area contributed by atoms with Gasteiger partial charge >= 0.3 is 0 Å². The van der Waals surface area contributed by atoms with Crippen LogP contribution in [0.15, 0.2) is 76.8 Å². The first kappa shape index (κ1) is 22.1. The van der Waals surface area contributed by atoms with Crippen LogP contribution in [0.4, 0.5) is 25.8 Å². The molecular formula is C23H15ClF2IN5. The largest absolute Gasteiger partial charge is 0.355 e. The van der Waals surface area contributed by atoms with Crippen molar-refractivity contribution in [2.75, 3.05) is 5.32 Å². The molecule has 0 saturated carbocycles. The van der Waals surface area contributed by atoms with Gasteiger partial charge in [-0.15, -0.1) is 0 Å². The van der Waals surface area contributed by atoms with E-state index in [1.165, 1.54) is 12.3 Å². The number of rotatable bonds is 5. The number of anilines is 2. The molecule has 9 heteroatoms. The Morgan fingerprint density at radius 3 is 2.62 bits per heavy atom. The van der Waals surface area contributed by atoms with E-state index in [0.717, 1.165) is 38.0 Å². The maximum Gasteiger partial charge on any atom is 0.160 e. The summed E-state index contributed by atoms with van der Waals surface area (Å²) in [6, 6.07) is 18.4. The normalized spacial score (nSPS) is 11.9. The van der Waals surface area contributed by atoms with Gasteiger partial charge in [-0.3, -0.25) is 4.99 Å². The van der Waals surface area contributed by atoms with E-state index < -0.39 is 11.6 Å². The molecule has 160 valence electrons. The molecule has 0 amide bonds. The fourth-order valence-electron chi connectivity index (χ4n) is 3.00. The van der Waals surface area contributed by atoms with Gasteiger partial charge < -0.3 is 11.2 Å². The molecule has 4 aromatic rings. The van der Waals surface area contributed by atoms with E-state index in [-0.39, 0.29) is 5.69 Å². The zero-order valence-corrected chi connectivity index (χ0v) is 19.3. The number of hydrogen-bond acceptors (Lipinski definition) is 5. The molecule has 1 aromatic heterocycles. The Bertz CT molecular complexity index is 1370. The van der Waals surface area contributed by atoms with Gasteiger partial charge in [0.15, 0.2) is 11.6 Å². The third kappa shape index (κ3) is 4.86. The molecule has 0 aliphatic carbocycles. The minimum absolute atomic E-state index is 0.231. The van der Waals surface area contributed by atoms with Crippen LogP contribution >= 0.6 is 34.2 Å². The van der Waals surface area contributed by atoms with Crippen molar-refractivity contribution in [1.29, 1.82) is 0 Å². The Hall–Kier alpha value is -3.11. The van der Waals surface area contributed by atoms with E-state index in [1.807, 2.05) is 42.5 Å². The predicted molar refractivity (Wildman–Crippen MR) is 134 cm³/mol. The van der Waals surface area contributed by atoms with E-state index in [2.05, 4.69) is 43.0 Å². The average Bonchev–Trinajstić information content (AvgIpc) is 2.79. The van der Waals surface area contributed by atoms with Crippen LogP contribution in [-0.4, -0.2) is 16.9 Å². The molecule has 0 aliphatic heterocycles. The van der Waals surface area contributed by atoms with Gasteiger partial charge in [-0.2, -0.15) is 5.10 Å². The second-order valence-electron chi connectivity index (χ2n) is 6.69. The van der Waals surface area contributed by atoms with Crippen LogP contribution in [0.2, 0.25) is 5.02 Å². The maximum absolute atomic E-state index is 13.4. The van der Waals surface area contributed by atoms with E-state index in [0.29, 0.717) is 16.4 Å². The summed E-state index contributed by atoms with van der Waals surface area (Å²) in [6.45, 7) is 0. The molecule has 0 radical (unpaired) electrons. The fourth-order valence-corrected chi connectivity index (χ4v) is 3.64. The highest BCUT2D eigenvalue weighted by molar-refractivity contribution is 14.1. The highest BCUT2D eigenvalue weighted by atomic mass is 127. The van der Waals surface area contributed by atoms with Crippen LogP contribution in [0.1, 0.15) is 5.69 Å². The molecule has 32 heavy (non-hydrogen) atoms. The number of aromatic nitrogens is 1. The molecule has 3 aromatic carbocycles. The molecule has 0 atom stereocenters. The maximum atomic E-state index is 13.4. The van der Waals surface area contributed by atoms with Gasteiger partial charge in [-0.25, -0.2) is 13.8 Å². The minimum Gasteiger partial charge on any atom is -0.355 e. The molecule has 0 saturated heterocycles. The molecule has 1 heterocycles. The van der Waals surface area contributed by atoms with Gasteiger partial charge in [0, 0.05) is 26.4 Å². The average molecular weight is 562 g/mol. The Balaban J connectivity index is 1.63. The summed E-state index contributed by atoms with van der Waals surface area (Å²) in [5.74, 6) is 3.60. The number of halogens is 4. The van der Waals surface area contributed by atoms with Crippen molar-refractivity contribution in [1.82, 2.24) is 4.98 Å². The summed E-state index contributed by atoms with van der Waals surface area (Å²) in [5.41, 5.74) is 3.51. The quantitative estimate of drug-likeness (QED) is 0.125. The van der Waals surface area contributed by atoms with Crippen LogP contribution in [0.3, 0.4) is 0 Å². The molecule has 0 unspecified atom stereocenters. The monoisotopic (exact) mass is 561 g/mol. The summed E-state index contributed by atoms with van der Waals surface area (Å²) in [6.07, 6.45) is 1.36. The first-order valence-corrected chi connectivity index (χ1v) is 10.8. The number of nitrogens with zero attached hydrogens (tertiary/aromatic N) is 3. The molecule has 3 N–H and O–H groups in total. The molecule has 0 fully saturated rings. The van der Waals surface area contributed by atoms with Crippen molar-refractivity contribution < 1.29 is 8.78 Å². The number of aliphatic imine (C=N–C) groups is 1. The second kappa shape index (κ2) is 9.58. The predicted octanol–water partition coefficient (Wildman–Crippen LogP) is 6.58. The Labute approximate surface area is 201 Å². The van der Waals surface area contributed by atoms with Crippen molar-refractivity contribution in [3.05, 3.63) is 92.7 Å². The first-order valence-electron chi connectivity index (χ1n) is 9.34. The van der Waals surface area contributed by atoms with Gasteiger partial charge in [-0.1, -0.05) is 17.7 Å². The lowest BCUT2D eigenvalue weighted by Gasteiger charge is -2.11. The van der Waals surface area contributed by atoms with Crippen LogP contribution in [0, 0.1) is 15.2 Å². The summed E-state index contributed by atoms with van der Waals surface area (Å²) in [4.78, 5) is 8.74. The lowest BCUT2D eigenvalue weighted by Crippen LogP contribution is -2.08. The van der Waals surface area contributed by atoms with Crippen LogP contribution in [-0.2, 0) is 0 Å². The van der Waals surface area contributed by atoms with Crippen LogP contribution in [0.5, 0.6) is 0 Å². The lowest BCUT2D eigenvalue weighted by molar-refractivity contribution is 0.509. The summed E-state index contributed by atoms with van der Waals surface area (Å²) in [5, 5.41) is 8.71. The summed E-state index contributed by atoms with van der Waals surface area (Å²) in [7, 11) is 0. The van der Waals surface area contributed by atoms with Crippen molar-refractivity contribution in [3.8, 4) is 0 Å². The zero-order chi connectivity index (χ0) is 22.7. The number of hydrogen-bond donors (Lipinski definition) is 2. The number of fused-ring (bicyclic) bond motifs is 1. The first-order chi connectivity index (χ1) is 15.4. The van der Waals surface area contributed by atoms with Crippen LogP contribution in [0.25, 0.3) is 10.9 Å². The Morgan fingerprint density at radius 2 is 1.88 bits per heavy atom. The Morgan fingerprint density at radius 1 is 1.03 bits per heavy atom. The van der Waals surface area contributed by atoms with E-state index >= 15 is 0 Å². The number of benzene rings is 3. The van der Waals surface area contributed by atoms with Gasteiger partial charge in [0.1, 0.15) is 5.71 Å². The lowest BCUT2D eigenvalue weighted by atomic mass is 10.1. The minimum atomic E-state index is -0.981. The van der Waals surface area contributed by atoms with Crippen molar-refractivity contribution >= 4 is 74.1 Å². The standard InChI is InChI=1S/C23H15ClF2IN5/c24-16-7-4-14(11-19(16)27)30-20-2-1-3-21-15(20)6-9-22(31-21)23(32-28)12-29-13-5-8-17(25)18(26)10-13/h1-12,30H,28H2. The van der Waals surface area contributed by atoms with Crippen LogP contribution < -0.4 is 11.2 Å². The Kier molecular flexibility index (Phi) is 6.61. The highest BCUT2D eigenvalue weighted by Crippen LogP contribution is 2.28. The number of pyridine rings is 1. The summed E-state index contributed by atoms with van der Waals surface area (Å²) < 4.78 is 27.4. The number of nitrogens with one attached hydrogen (secondary N) is 1. The third-order valence-corrected chi connectivity index (χ3v) is 6.11. The second-order valence-corrected chi connectivity index (χ2v) is 8.26. The summed E-state index contributed by atoms with van der Waals surface area (Å²) >= 11 is 8.29.